The average molecular weight is 346 g/mol. The molecule has 0 atom stereocenters. The third kappa shape index (κ3) is 2.74. The van der Waals surface area contributed by atoms with Crippen LogP contribution in [0.15, 0.2) is 75.9 Å². The quantitative estimate of drug-likeness (QED) is 0.596. The van der Waals surface area contributed by atoms with Crippen molar-refractivity contribution in [2.24, 2.45) is 0 Å². The Morgan fingerprint density at radius 1 is 0.826 bits per heavy atom. The molecule has 2 nitrogen and oxygen atoms in total. The maximum absolute atomic E-state index is 13.4. The first-order valence-electron chi connectivity index (χ1n) is 7.82. The second-order valence-electron chi connectivity index (χ2n) is 6.94. The molecule has 0 aromatic heterocycles. The van der Waals surface area contributed by atoms with Gasteiger partial charge < -0.3 is 0 Å². The summed E-state index contributed by atoms with van der Waals surface area (Å²) in [5, 5.41) is 1.12. The molecule has 1 aromatic carbocycles. The van der Waals surface area contributed by atoms with E-state index in [1.165, 1.54) is 11.1 Å². The minimum absolute atomic E-state index is 1.05. The van der Waals surface area contributed by atoms with Crippen LogP contribution in [0.25, 0.3) is 0 Å². The van der Waals surface area contributed by atoms with Crippen LogP contribution in [0.2, 0.25) is 0 Å². The van der Waals surface area contributed by atoms with E-state index in [0.29, 0.717) is 0 Å². The zero-order valence-electron chi connectivity index (χ0n) is 14.4. The Morgan fingerprint density at radius 2 is 1.30 bits per heavy atom. The fraction of sp³-hybridized carbons (Fsp3) is 0.263. The van der Waals surface area contributed by atoms with E-state index in [1.807, 2.05) is 43.7 Å². The molecule has 0 amide bonds. The third-order valence-electron chi connectivity index (χ3n) is 4.78. The van der Waals surface area contributed by atoms with Gasteiger partial charge in [-0.1, -0.05) is 0 Å². The van der Waals surface area contributed by atoms with Crippen LogP contribution >= 0.6 is 14.2 Å². The van der Waals surface area contributed by atoms with E-state index in [4.69, 9.17) is 4.31 Å². The van der Waals surface area contributed by atoms with Gasteiger partial charge in [-0.3, -0.25) is 0 Å². The summed E-state index contributed by atoms with van der Waals surface area (Å²) in [5.74, 6) is 8.07. The molecule has 122 valence electrons. The van der Waals surface area contributed by atoms with Gasteiger partial charge in [-0.25, -0.2) is 0 Å². The Kier molecular flexibility index (Phi) is 3.73. The van der Waals surface area contributed by atoms with Crippen LogP contribution in [0.5, 0.6) is 0 Å². The predicted octanol–water partition coefficient (Wildman–Crippen LogP) is 6.35. The molecule has 3 rings (SSSR count). The topological polar surface area (TPSA) is 26.3 Å². The number of hydrogen-bond acceptors (Lipinski definition) is 2. The van der Waals surface area contributed by atoms with Crippen molar-refractivity contribution >= 4 is 19.5 Å². The van der Waals surface area contributed by atoms with Crippen molar-refractivity contribution in [2.75, 3.05) is 6.66 Å². The van der Waals surface area contributed by atoms with Gasteiger partial charge in [-0.15, -0.1) is 0 Å². The van der Waals surface area contributed by atoms with E-state index in [2.05, 4.69) is 44.3 Å². The van der Waals surface area contributed by atoms with E-state index < -0.39 is 14.2 Å². The summed E-state index contributed by atoms with van der Waals surface area (Å²) < 4.78 is 20.0. The first-order chi connectivity index (χ1) is 10.6. The molecule has 1 aromatic rings. The Hall–Kier alpha value is -1.20. The second kappa shape index (κ2) is 5.15. The molecule has 2 aliphatic heterocycles. The van der Waals surface area contributed by atoms with Crippen LogP contribution < -0.4 is 5.30 Å². The second-order valence-corrected chi connectivity index (χ2v) is 13.7. The van der Waals surface area contributed by atoms with Crippen molar-refractivity contribution in [3.8, 4) is 0 Å². The molecule has 0 N–H and O–H groups in total. The van der Waals surface area contributed by atoms with E-state index >= 15 is 0 Å². The summed E-state index contributed by atoms with van der Waals surface area (Å²) in [7, 11) is -2.94. The Bertz CT molecular complexity index is 801. The predicted molar refractivity (Wildman–Crippen MR) is 103 cm³/mol. The van der Waals surface area contributed by atoms with Crippen molar-refractivity contribution in [3.63, 3.8) is 0 Å². The molecule has 4 heteroatoms. The number of hydrogen-bond donors (Lipinski definition) is 0. The van der Waals surface area contributed by atoms with Gasteiger partial charge in [0, 0.05) is 0 Å². The number of allylic oxidation sites excluding steroid dienone is 4. The fourth-order valence-electron chi connectivity index (χ4n) is 3.42. The first-order valence-corrected chi connectivity index (χ1v) is 12.3. The number of benzene rings is 1. The molecule has 23 heavy (non-hydrogen) atoms. The van der Waals surface area contributed by atoms with E-state index in [1.54, 1.807) is 0 Å². The minimum atomic E-state index is -3.00. The summed E-state index contributed by atoms with van der Waals surface area (Å²) in [6.45, 7) is 7.32. The molecule has 0 radical (unpaired) electrons. The molecule has 0 aliphatic carbocycles. The van der Waals surface area contributed by atoms with Gasteiger partial charge >= 0.3 is 139 Å². The molecule has 0 bridgehead atoms. The van der Waals surface area contributed by atoms with Crippen molar-refractivity contribution in [1.82, 2.24) is 0 Å². The van der Waals surface area contributed by atoms with Crippen LogP contribution in [0.1, 0.15) is 27.7 Å². The van der Waals surface area contributed by atoms with Crippen LogP contribution in [-0.4, -0.2) is 6.66 Å². The third-order valence-corrected chi connectivity index (χ3v) is 12.7. The molecule has 0 fully saturated rings. The molecule has 0 saturated heterocycles. The number of rotatable bonds is 3. The van der Waals surface area contributed by atoms with Crippen molar-refractivity contribution in [1.29, 1.82) is 0 Å². The summed E-state index contributed by atoms with van der Waals surface area (Å²) in [6, 6.07) is 10.2. The van der Waals surface area contributed by atoms with Gasteiger partial charge in [0.25, 0.3) is 0 Å². The summed E-state index contributed by atoms with van der Waals surface area (Å²) in [5.41, 5.74) is 4.52. The normalized spacial score (nSPS) is 25.7. The molecule has 0 saturated carbocycles. The van der Waals surface area contributed by atoms with Crippen LogP contribution in [0.3, 0.4) is 0 Å². The Morgan fingerprint density at radius 3 is 1.78 bits per heavy atom. The van der Waals surface area contributed by atoms with Gasteiger partial charge in [0.05, 0.1) is 0 Å². The molecule has 0 unspecified atom stereocenters. The van der Waals surface area contributed by atoms with Crippen molar-refractivity contribution < 1.29 is 8.88 Å². The van der Waals surface area contributed by atoms with Gasteiger partial charge in [-0.05, 0) is 0 Å². The van der Waals surface area contributed by atoms with Crippen LogP contribution in [-0.2, 0) is 8.88 Å². The fourth-order valence-corrected chi connectivity index (χ4v) is 12.5. The summed E-state index contributed by atoms with van der Waals surface area (Å²) >= 11 is 0. The van der Waals surface area contributed by atoms with Gasteiger partial charge in [0.15, 0.2) is 0 Å². The Labute approximate surface area is 139 Å². The van der Waals surface area contributed by atoms with Gasteiger partial charge in [0.1, 0.15) is 0 Å². The zero-order chi connectivity index (χ0) is 16.9. The van der Waals surface area contributed by atoms with E-state index in [9.17, 15) is 4.57 Å². The van der Waals surface area contributed by atoms with E-state index in [0.717, 1.165) is 16.5 Å². The van der Waals surface area contributed by atoms with Crippen LogP contribution in [0, 0.1) is 0 Å². The molecular formula is C19H24O2P2. The van der Waals surface area contributed by atoms with Gasteiger partial charge in [-0.2, -0.15) is 0 Å². The monoisotopic (exact) mass is 346 g/mol. The molecular weight excluding hydrogens is 322 g/mol. The first kappa shape index (κ1) is 16.7. The van der Waals surface area contributed by atoms with Crippen molar-refractivity contribution in [3.05, 3.63) is 75.9 Å². The Balaban J connectivity index is 2.20. The van der Waals surface area contributed by atoms with Crippen molar-refractivity contribution in [2.45, 2.75) is 27.7 Å². The maximum atomic E-state index is 13.4. The molecule has 2 aliphatic rings. The summed E-state index contributed by atoms with van der Waals surface area (Å²) in [6.07, 6.45) is 0. The molecule has 0 spiro atoms. The average Bonchev–Trinajstić information content (AvgIpc) is 2.85. The zero-order valence-corrected chi connectivity index (χ0v) is 16.2. The molecule has 2 heterocycles. The van der Waals surface area contributed by atoms with Crippen LogP contribution in [0.4, 0.5) is 0 Å². The SMILES string of the molecule is CC1=CP(=O)(OP2(C)(c3ccccc3)C=C(C)C(C)=C2)C=C1C. The summed E-state index contributed by atoms with van der Waals surface area (Å²) in [4.78, 5) is 0. The van der Waals surface area contributed by atoms with E-state index in [-0.39, 0.29) is 0 Å². The van der Waals surface area contributed by atoms with Gasteiger partial charge in [0.2, 0.25) is 0 Å². The standard InChI is InChI=1S/C19H24O2P2/c1-15-11-22(20,12-16(15)2)21-23(5,13-17(3)18(4)14-23)19-9-7-6-8-10-19/h6-14H,1-5H3.